The monoisotopic (exact) mass is 644 g/mol. The third-order valence-corrected chi connectivity index (χ3v) is 8.29. The summed E-state index contributed by atoms with van der Waals surface area (Å²) >= 11 is 0. The zero-order chi connectivity index (χ0) is 32.9. The molecule has 3 aromatic rings. The van der Waals surface area contributed by atoms with Crippen molar-refractivity contribution in [3.8, 4) is 28.7 Å². The fourth-order valence-corrected chi connectivity index (χ4v) is 5.83. The van der Waals surface area contributed by atoms with Gasteiger partial charge in [0.2, 0.25) is 5.91 Å². The van der Waals surface area contributed by atoms with E-state index in [4.69, 9.17) is 23.7 Å². The SMILES string of the molecule is COc1cc2ccc1CNC(=O)CCc1ccc(OC)c(c1)OCC(=O)N[C@@H]1CN(C(=O)c3ccc4c(c3)OCC(=O)N4)CC[C@@H]1O2. The van der Waals surface area contributed by atoms with E-state index in [1.165, 1.54) is 7.11 Å². The topological polar surface area (TPSA) is 154 Å². The number of methoxy groups -OCH3 is 2. The smallest absolute Gasteiger partial charge is 0.262 e. The van der Waals surface area contributed by atoms with Gasteiger partial charge in [-0.3, -0.25) is 19.2 Å². The number of piperidine rings is 1. The first-order chi connectivity index (χ1) is 22.8. The van der Waals surface area contributed by atoms with Gasteiger partial charge in [0, 0.05) is 49.7 Å². The highest BCUT2D eigenvalue weighted by Crippen LogP contribution is 2.32. The zero-order valence-corrected chi connectivity index (χ0v) is 26.1. The number of rotatable bonds is 3. The Hall–Kier alpha value is -5.46. The van der Waals surface area contributed by atoms with Crippen LogP contribution in [0.25, 0.3) is 0 Å². The van der Waals surface area contributed by atoms with Crippen LogP contribution in [0.5, 0.6) is 28.7 Å². The molecule has 0 spiro atoms. The Kier molecular flexibility index (Phi) is 9.32. The van der Waals surface area contributed by atoms with Gasteiger partial charge in [-0.15, -0.1) is 0 Å². The largest absolute Gasteiger partial charge is 0.496 e. The molecular weight excluding hydrogens is 608 g/mol. The highest BCUT2D eigenvalue weighted by molar-refractivity contribution is 5.99. The summed E-state index contributed by atoms with van der Waals surface area (Å²) in [7, 11) is 3.06. The van der Waals surface area contributed by atoms with E-state index in [0.717, 1.165) is 11.1 Å². The lowest BCUT2D eigenvalue weighted by molar-refractivity contribution is -0.125. The number of likely N-dealkylation sites (tertiary alicyclic amines) is 1. The maximum atomic E-state index is 13.6. The molecular formula is C34H36N4O9. The van der Waals surface area contributed by atoms with Gasteiger partial charge in [-0.05, 0) is 54.4 Å². The van der Waals surface area contributed by atoms with E-state index in [1.54, 1.807) is 54.5 Å². The summed E-state index contributed by atoms with van der Waals surface area (Å²) in [6.07, 6.45) is 0.648. The average molecular weight is 645 g/mol. The number of nitrogens with one attached hydrogen (secondary N) is 3. The number of nitrogens with zero attached hydrogens (tertiary/aromatic N) is 1. The fourth-order valence-electron chi connectivity index (χ4n) is 5.83. The summed E-state index contributed by atoms with van der Waals surface area (Å²) in [6, 6.07) is 15.0. The van der Waals surface area contributed by atoms with E-state index in [9.17, 15) is 19.2 Å². The van der Waals surface area contributed by atoms with Crippen molar-refractivity contribution in [2.75, 3.05) is 45.8 Å². The molecule has 2 atom stereocenters. The van der Waals surface area contributed by atoms with Gasteiger partial charge in [-0.2, -0.15) is 0 Å². The molecule has 4 amide bonds. The molecule has 0 aliphatic carbocycles. The summed E-state index contributed by atoms with van der Waals surface area (Å²) in [6.45, 7) is 0.378. The lowest BCUT2D eigenvalue weighted by Gasteiger charge is -2.39. The minimum Gasteiger partial charge on any atom is -0.496 e. The Morgan fingerprint density at radius 2 is 1.66 bits per heavy atom. The number of hydrogen-bond acceptors (Lipinski definition) is 9. The van der Waals surface area contributed by atoms with Gasteiger partial charge in [0.05, 0.1) is 25.9 Å². The second-order valence-corrected chi connectivity index (χ2v) is 11.4. The summed E-state index contributed by atoms with van der Waals surface area (Å²) in [5.41, 5.74) is 2.53. The van der Waals surface area contributed by atoms with Gasteiger partial charge < -0.3 is 44.5 Å². The molecule has 3 aromatic carbocycles. The van der Waals surface area contributed by atoms with Crippen LogP contribution in [-0.2, 0) is 27.3 Å². The standard InChI is InChI=1S/C34H36N4O9/c1-43-27-9-3-20-4-10-31(39)35-16-22-5-7-23(15-28(22)44-2)47-26-11-12-38(17-25(26)37-33(41)19-46-30(27)13-20)34(42)21-6-8-24-29(14-21)45-18-32(40)36-24/h3,5-9,13-15,25-26H,4,10-12,16-19H2,1-2H3,(H,35,39)(H,36,40)(H,37,41)/t25-,26+/m1/s1. The van der Waals surface area contributed by atoms with Crippen molar-refractivity contribution < 1.29 is 42.9 Å². The lowest BCUT2D eigenvalue weighted by Crippen LogP contribution is -2.58. The van der Waals surface area contributed by atoms with Gasteiger partial charge in [0.25, 0.3) is 17.7 Å². The molecule has 1 fully saturated rings. The van der Waals surface area contributed by atoms with Crippen LogP contribution in [0.1, 0.15) is 34.3 Å². The van der Waals surface area contributed by atoms with Crippen molar-refractivity contribution >= 4 is 29.3 Å². The second kappa shape index (κ2) is 13.9. The van der Waals surface area contributed by atoms with Crippen molar-refractivity contribution in [1.82, 2.24) is 15.5 Å². The predicted molar refractivity (Wildman–Crippen MR) is 169 cm³/mol. The van der Waals surface area contributed by atoms with Crippen LogP contribution >= 0.6 is 0 Å². The lowest BCUT2D eigenvalue weighted by atomic mass is 10.00. The number of amides is 4. The molecule has 246 valence electrons. The first kappa shape index (κ1) is 31.5. The van der Waals surface area contributed by atoms with Crippen molar-refractivity contribution in [3.05, 3.63) is 71.3 Å². The number of anilines is 1. The number of carbonyl (C=O) groups is 4. The van der Waals surface area contributed by atoms with Crippen LogP contribution in [-0.4, -0.2) is 81.2 Å². The highest BCUT2D eigenvalue weighted by Gasteiger charge is 2.35. The molecule has 47 heavy (non-hydrogen) atoms. The quantitative estimate of drug-likeness (QED) is 0.390. The number of hydrogen-bond donors (Lipinski definition) is 3. The number of aryl methyl sites for hydroxylation is 1. The number of benzene rings is 3. The summed E-state index contributed by atoms with van der Waals surface area (Å²) in [4.78, 5) is 52.9. The van der Waals surface area contributed by atoms with Crippen molar-refractivity contribution in [3.63, 3.8) is 0 Å². The molecule has 13 heteroatoms. The van der Waals surface area contributed by atoms with Crippen LogP contribution < -0.4 is 39.6 Å². The van der Waals surface area contributed by atoms with E-state index in [0.29, 0.717) is 59.4 Å². The van der Waals surface area contributed by atoms with Crippen LogP contribution in [0.2, 0.25) is 0 Å². The van der Waals surface area contributed by atoms with E-state index >= 15 is 0 Å². The van der Waals surface area contributed by atoms with Gasteiger partial charge in [0.15, 0.2) is 24.7 Å². The molecule has 0 aromatic heterocycles. The molecule has 0 saturated carbocycles. The molecule has 4 aliphatic heterocycles. The minimum absolute atomic E-state index is 0.123. The van der Waals surface area contributed by atoms with E-state index in [1.807, 2.05) is 12.1 Å². The van der Waals surface area contributed by atoms with Crippen molar-refractivity contribution in [2.45, 2.75) is 38.0 Å². The third kappa shape index (κ3) is 7.35. The van der Waals surface area contributed by atoms with Gasteiger partial charge in [0.1, 0.15) is 23.4 Å². The zero-order valence-electron chi connectivity index (χ0n) is 26.1. The Labute approximate surface area is 271 Å². The molecule has 4 heterocycles. The molecule has 3 N–H and O–H groups in total. The first-order valence-electron chi connectivity index (χ1n) is 15.3. The molecule has 0 unspecified atom stereocenters. The minimum atomic E-state index is -0.586. The number of carbonyl (C=O) groups excluding carboxylic acids is 4. The molecule has 13 nitrogen and oxygen atoms in total. The third-order valence-electron chi connectivity index (χ3n) is 8.29. The molecule has 1 saturated heterocycles. The Morgan fingerprint density at radius 1 is 0.851 bits per heavy atom. The summed E-state index contributed by atoms with van der Waals surface area (Å²) in [5, 5.41) is 8.68. The van der Waals surface area contributed by atoms with E-state index in [-0.39, 0.29) is 50.4 Å². The molecule has 4 bridgehead atoms. The van der Waals surface area contributed by atoms with Gasteiger partial charge in [-0.25, -0.2) is 0 Å². The predicted octanol–water partition coefficient (Wildman–Crippen LogP) is 2.45. The van der Waals surface area contributed by atoms with Crippen LogP contribution in [0.4, 0.5) is 5.69 Å². The maximum Gasteiger partial charge on any atom is 0.262 e. The molecule has 0 radical (unpaired) electrons. The summed E-state index contributed by atoms with van der Waals surface area (Å²) < 4.78 is 28.8. The normalized spacial score (nSPS) is 19.8. The van der Waals surface area contributed by atoms with E-state index in [2.05, 4.69) is 16.0 Å². The van der Waals surface area contributed by atoms with Crippen LogP contribution in [0, 0.1) is 0 Å². The maximum absolute atomic E-state index is 13.6. The Bertz CT molecular complexity index is 1690. The van der Waals surface area contributed by atoms with Crippen molar-refractivity contribution in [2.24, 2.45) is 0 Å². The van der Waals surface area contributed by atoms with Crippen LogP contribution in [0.3, 0.4) is 0 Å². The van der Waals surface area contributed by atoms with E-state index < -0.39 is 18.1 Å². The van der Waals surface area contributed by atoms with Crippen LogP contribution in [0.15, 0.2) is 54.6 Å². The highest BCUT2D eigenvalue weighted by atomic mass is 16.5. The second-order valence-electron chi connectivity index (χ2n) is 11.4. The van der Waals surface area contributed by atoms with Crippen molar-refractivity contribution in [1.29, 1.82) is 0 Å². The number of ether oxygens (including phenoxy) is 5. The number of fused-ring (bicyclic) bond motifs is 10. The first-order valence-corrected chi connectivity index (χ1v) is 15.3. The van der Waals surface area contributed by atoms with Gasteiger partial charge in [-0.1, -0.05) is 6.07 Å². The summed E-state index contributed by atoms with van der Waals surface area (Å²) in [5.74, 6) is 1.28. The molecule has 4 aliphatic rings. The molecule has 7 rings (SSSR count). The Morgan fingerprint density at radius 3 is 2.49 bits per heavy atom. The van der Waals surface area contributed by atoms with Gasteiger partial charge >= 0.3 is 0 Å². The Balaban J connectivity index is 1.25. The average Bonchev–Trinajstić information content (AvgIpc) is 3.09. The fraction of sp³-hybridized carbons (Fsp3) is 0.353.